The van der Waals surface area contributed by atoms with Crippen LogP contribution in [0.5, 0.6) is 0 Å². The maximum absolute atomic E-state index is 12.6. The summed E-state index contributed by atoms with van der Waals surface area (Å²) in [6.45, 7) is 9.67. The minimum Gasteiger partial charge on any atom is -0.405 e. The number of aryl methyl sites for hydroxylation is 2. The fraction of sp³-hybridized carbons (Fsp3) is 0.635. The molecule has 0 bridgehead atoms. The van der Waals surface area contributed by atoms with Gasteiger partial charge in [0.2, 0.25) is 29.3 Å². The quantitative estimate of drug-likeness (QED) is 0.0561. The molecular formula is C52H76N10O13Si. The first-order chi connectivity index (χ1) is 36.2. The first-order valence-electron chi connectivity index (χ1n) is 26.9. The van der Waals surface area contributed by atoms with Gasteiger partial charge in [-0.2, -0.15) is 0 Å². The Bertz CT molecular complexity index is 3040. The number of carbonyl (C=O) groups excluding carboxylic acids is 5. The SMILES string of the molecule is CCc1cc(=O)oc2[nH]c(=O)n(C3CCCC3)c(=O)c12.CCc1cc(=O)oc2c1c(=O)[nH]c(=O)n2C1CCCC1.C[Si](C)(C)N=C=O.NC(=O)NC1CCCC1.NC1CCCC1.O=C1CC(=O)N(C2CCCC2)C(=O)N1. The van der Waals surface area contributed by atoms with E-state index in [1.165, 1.54) is 64.7 Å². The van der Waals surface area contributed by atoms with Gasteiger partial charge in [0.15, 0.2) is 8.24 Å². The molecule has 0 atom stereocenters. The molecule has 10 rings (SSSR count). The molecule has 6 aliphatic rings. The molecule has 76 heavy (non-hydrogen) atoms. The number of hydrogen-bond acceptors (Lipinski definition) is 15. The van der Waals surface area contributed by atoms with Crippen LogP contribution >= 0.6 is 0 Å². The normalized spacial score (nSPS) is 18.2. The van der Waals surface area contributed by atoms with Crippen LogP contribution in [0.3, 0.4) is 0 Å². The Kier molecular flexibility index (Phi) is 22.4. The first kappa shape index (κ1) is 60.1. The van der Waals surface area contributed by atoms with Crippen LogP contribution < -0.4 is 55.9 Å². The lowest BCUT2D eigenvalue weighted by molar-refractivity contribution is -0.137. The Hall–Kier alpha value is -6.78. The van der Waals surface area contributed by atoms with Crippen molar-refractivity contribution in [2.45, 2.75) is 211 Å². The molecule has 0 spiro atoms. The van der Waals surface area contributed by atoms with Crippen molar-refractivity contribution >= 4 is 60.4 Å². The number of aromatic nitrogens is 4. The highest BCUT2D eigenvalue weighted by Crippen LogP contribution is 2.31. The fourth-order valence-electron chi connectivity index (χ4n) is 10.5. The van der Waals surface area contributed by atoms with Gasteiger partial charge in [-0.05, 0) is 108 Å². The van der Waals surface area contributed by atoms with E-state index in [4.69, 9.17) is 20.3 Å². The lowest BCUT2D eigenvalue weighted by atomic mass is 10.1. The zero-order valence-corrected chi connectivity index (χ0v) is 45.6. The zero-order valence-electron chi connectivity index (χ0n) is 44.6. The van der Waals surface area contributed by atoms with Gasteiger partial charge in [-0.3, -0.25) is 48.5 Å². The van der Waals surface area contributed by atoms with Crippen molar-refractivity contribution in [3.8, 4) is 0 Å². The van der Waals surface area contributed by atoms with Crippen molar-refractivity contribution in [2.75, 3.05) is 0 Å². The van der Waals surface area contributed by atoms with Crippen LogP contribution in [0.15, 0.2) is 54.4 Å². The minimum atomic E-state index is -1.46. The number of urea groups is 2. The van der Waals surface area contributed by atoms with Gasteiger partial charge in [0, 0.05) is 42.3 Å². The van der Waals surface area contributed by atoms with Crippen LogP contribution in [-0.2, 0) is 27.2 Å². The van der Waals surface area contributed by atoms with Crippen LogP contribution in [0.1, 0.15) is 172 Å². The van der Waals surface area contributed by atoms with Crippen molar-refractivity contribution in [2.24, 2.45) is 16.1 Å². The molecule has 24 heteroatoms. The Labute approximate surface area is 439 Å². The first-order valence-corrected chi connectivity index (χ1v) is 30.3. The molecule has 6 amide bonds. The predicted octanol–water partition coefficient (Wildman–Crippen LogP) is 5.68. The number of rotatable bonds is 7. The second-order valence-corrected chi connectivity index (χ2v) is 25.6. The number of nitrogens with two attached hydrogens (primary N) is 2. The van der Waals surface area contributed by atoms with Crippen LogP contribution in [0.2, 0.25) is 19.6 Å². The monoisotopic (exact) mass is 1080 g/mol. The molecule has 1 saturated heterocycles. The maximum atomic E-state index is 12.6. The van der Waals surface area contributed by atoms with Crippen molar-refractivity contribution in [1.82, 2.24) is 34.6 Å². The molecule has 0 unspecified atom stereocenters. The maximum Gasteiger partial charge on any atom is 0.337 e. The molecule has 416 valence electrons. The van der Waals surface area contributed by atoms with Crippen molar-refractivity contribution < 1.29 is 32.8 Å². The number of imide groups is 2. The lowest BCUT2D eigenvalue weighted by Crippen LogP contribution is -2.55. The van der Waals surface area contributed by atoms with Gasteiger partial charge in [-0.25, -0.2) is 38.2 Å². The number of hydrogen-bond donors (Lipinski definition) is 6. The van der Waals surface area contributed by atoms with Gasteiger partial charge in [-0.1, -0.05) is 78.1 Å². The largest absolute Gasteiger partial charge is 0.405 e. The smallest absolute Gasteiger partial charge is 0.337 e. The van der Waals surface area contributed by atoms with Crippen LogP contribution in [-0.4, -0.2) is 80.3 Å². The van der Waals surface area contributed by atoms with Crippen molar-refractivity contribution in [3.63, 3.8) is 0 Å². The summed E-state index contributed by atoms with van der Waals surface area (Å²) in [5, 5.41) is 5.48. The van der Waals surface area contributed by atoms with E-state index in [1.807, 2.05) is 33.5 Å². The van der Waals surface area contributed by atoms with E-state index in [0.29, 0.717) is 46.8 Å². The van der Waals surface area contributed by atoms with Crippen molar-refractivity contribution in [3.05, 3.63) is 85.8 Å². The highest BCUT2D eigenvalue weighted by atomic mass is 28.3. The number of isocyanates is 1. The second kappa shape index (κ2) is 28.4. The molecule has 4 aromatic rings. The lowest BCUT2D eigenvalue weighted by Gasteiger charge is -2.29. The van der Waals surface area contributed by atoms with Gasteiger partial charge in [0.25, 0.3) is 11.1 Å². The molecule has 5 heterocycles. The Morgan fingerprint density at radius 1 is 0.684 bits per heavy atom. The number of carbonyl (C=O) groups is 4. The Morgan fingerprint density at radius 3 is 1.62 bits per heavy atom. The summed E-state index contributed by atoms with van der Waals surface area (Å²) in [7, 11) is -1.46. The number of nitrogens with zero attached hydrogens (tertiary/aromatic N) is 4. The highest BCUT2D eigenvalue weighted by molar-refractivity contribution is 6.74. The summed E-state index contributed by atoms with van der Waals surface area (Å²) in [5.41, 5.74) is 8.89. The standard InChI is InChI=1S/2C14H16N2O4.C9H12N2O3.C6H12N2O.C5H11N.C4H9NOSi/c1-2-8-7-10(17)20-12-11(8)13(18)16(14(19)15-12)9-5-3-4-6-9;1-2-8-7-10(17)20-13-11(8)12(18)15-14(19)16(13)9-5-3-4-6-9;12-7-5-8(13)11(9(14)10-7)6-3-1-2-4-6;7-6(9)8-5-3-1-2-4-5;6-5-3-1-2-4-5;1-7(2,3)5-4-6/h7,9H,2-6H2,1H3,(H,15,19);7,9H,2-6H2,1H3,(H,15,18,19);6H,1-5H2,(H,10,12,14);5H,1-4H2,(H3,7,8,9);5H,1-4,6H2;1-3H3. The molecule has 8 N–H and O–H groups in total. The van der Waals surface area contributed by atoms with Gasteiger partial charge >= 0.3 is 34.7 Å². The molecule has 5 saturated carbocycles. The van der Waals surface area contributed by atoms with Crippen molar-refractivity contribution in [1.29, 1.82) is 0 Å². The fourth-order valence-corrected chi connectivity index (χ4v) is 10.8. The van der Waals surface area contributed by atoms with Crippen LogP contribution in [0.4, 0.5) is 9.59 Å². The van der Waals surface area contributed by atoms with Gasteiger partial charge in [0.05, 0.1) is 0 Å². The van der Waals surface area contributed by atoms with E-state index < -0.39 is 48.4 Å². The summed E-state index contributed by atoms with van der Waals surface area (Å²) in [6.07, 6.45) is 23.7. The second-order valence-electron chi connectivity index (χ2n) is 21.0. The molecule has 23 nitrogen and oxygen atoms in total. The Balaban J connectivity index is 0.000000178. The number of fused-ring (bicyclic) bond motifs is 2. The third kappa shape index (κ3) is 16.9. The molecular weight excluding hydrogens is 1000 g/mol. The predicted molar refractivity (Wildman–Crippen MR) is 289 cm³/mol. The number of primary amides is 1. The molecule has 5 aliphatic carbocycles. The van der Waals surface area contributed by atoms with E-state index in [1.54, 1.807) is 6.08 Å². The molecule has 1 aliphatic heterocycles. The molecule has 6 fully saturated rings. The van der Waals surface area contributed by atoms with Gasteiger partial charge in [0.1, 0.15) is 17.2 Å². The van der Waals surface area contributed by atoms with E-state index in [2.05, 4.69) is 25.3 Å². The summed E-state index contributed by atoms with van der Waals surface area (Å²) < 4.78 is 16.5. The average Bonchev–Trinajstić information content (AvgIpc) is 4.21. The van der Waals surface area contributed by atoms with E-state index in [-0.39, 0.29) is 53.5 Å². The third-order valence-corrected chi connectivity index (χ3v) is 14.9. The number of H-pyrrole nitrogens is 2. The summed E-state index contributed by atoms with van der Waals surface area (Å²) in [5.74, 6) is -0.847. The third-order valence-electron chi connectivity index (χ3n) is 14.2. The molecule has 0 aromatic carbocycles. The average molecular weight is 1080 g/mol. The van der Waals surface area contributed by atoms with Gasteiger partial charge < -0.3 is 25.6 Å². The summed E-state index contributed by atoms with van der Waals surface area (Å²) in [6, 6.07) is 2.58. The van der Waals surface area contributed by atoms with E-state index >= 15 is 0 Å². The number of nitrogens with one attached hydrogen (secondary N) is 4. The zero-order chi connectivity index (χ0) is 55.7. The minimum absolute atomic E-state index is 0.00268. The summed E-state index contributed by atoms with van der Waals surface area (Å²) >= 11 is 0. The summed E-state index contributed by atoms with van der Waals surface area (Å²) in [4.78, 5) is 132. The molecule has 0 radical (unpaired) electrons. The highest BCUT2D eigenvalue weighted by Gasteiger charge is 2.37. The van der Waals surface area contributed by atoms with Gasteiger partial charge in [-0.15, -0.1) is 0 Å². The molecule has 4 aromatic heterocycles. The van der Waals surface area contributed by atoms with E-state index in [0.717, 1.165) is 89.9 Å². The Morgan fingerprint density at radius 2 is 1.16 bits per heavy atom. The van der Waals surface area contributed by atoms with Crippen LogP contribution in [0, 0.1) is 0 Å². The number of amides is 6. The topological polar surface area (TPSA) is 347 Å². The number of barbiturate groups is 1. The number of aromatic amines is 2. The van der Waals surface area contributed by atoms with Crippen LogP contribution in [0.25, 0.3) is 22.2 Å². The van der Waals surface area contributed by atoms with E-state index in [9.17, 15) is 52.7 Å².